The van der Waals surface area contributed by atoms with E-state index in [1.807, 2.05) is 54.3 Å². The summed E-state index contributed by atoms with van der Waals surface area (Å²) >= 11 is 0. The lowest BCUT2D eigenvalue weighted by Gasteiger charge is -2.42. The maximum absolute atomic E-state index is 13.4. The van der Waals surface area contributed by atoms with Gasteiger partial charge in [0, 0.05) is 25.8 Å². The normalized spacial score (nSPS) is 26.2. The van der Waals surface area contributed by atoms with Crippen LogP contribution < -0.4 is 5.32 Å². The highest BCUT2D eigenvalue weighted by Crippen LogP contribution is 2.30. The Morgan fingerprint density at radius 3 is 2.74 bits per heavy atom. The molecule has 31 heavy (non-hydrogen) atoms. The third-order valence-corrected chi connectivity index (χ3v) is 5.67. The van der Waals surface area contributed by atoms with Gasteiger partial charge >= 0.3 is 12.0 Å². The fourth-order valence-electron chi connectivity index (χ4n) is 4.19. The second-order valence-corrected chi connectivity index (χ2v) is 7.77. The first-order chi connectivity index (χ1) is 14.9. The number of hydrogen-bond acceptors (Lipinski definition) is 8. The van der Waals surface area contributed by atoms with E-state index in [-0.39, 0.29) is 25.0 Å². The number of benzene rings is 1. The van der Waals surface area contributed by atoms with E-state index in [4.69, 9.17) is 4.74 Å². The van der Waals surface area contributed by atoms with E-state index >= 15 is 0 Å². The second-order valence-electron chi connectivity index (χ2n) is 7.77. The van der Waals surface area contributed by atoms with Crippen molar-refractivity contribution in [2.24, 2.45) is 5.10 Å². The van der Waals surface area contributed by atoms with Gasteiger partial charge in [-0.05, 0) is 12.5 Å². The number of hydrogen-bond donors (Lipinski definition) is 1. The number of fused-ring (bicyclic) bond motifs is 3. The molecule has 3 atom stereocenters. The molecule has 1 aromatic rings. The molecular weight excluding hydrogens is 400 g/mol. The van der Waals surface area contributed by atoms with Gasteiger partial charge in [0.1, 0.15) is 18.8 Å². The summed E-state index contributed by atoms with van der Waals surface area (Å²) in [4.78, 5) is 42.8. The van der Waals surface area contributed by atoms with Gasteiger partial charge in [-0.1, -0.05) is 42.5 Å². The van der Waals surface area contributed by atoms with Gasteiger partial charge in [-0.25, -0.2) is 9.69 Å². The molecule has 10 nitrogen and oxygen atoms in total. The first-order valence-electron chi connectivity index (χ1n) is 10.1. The highest BCUT2D eigenvalue weighted by molar-refractivity contribution is 6.01. The van der Waals surface area contributed by atoms with Gasteiger partial charge in [0.05, 0.1) is 7.11 Å². The van der Waals surface area contributed by atoms with E-state index < -0.39 is 24.5 Å². The fraction of sp³-hybridized carbons (Fsp3) is 0.429. The Morgan fingerprint density at radius 1 is 1.29 bits per heavy atom. The first kappa shape index (κ1) is 21.0. The predicted molar refractivity (Wildman–Crippen MR) is 113 cm³/mol. The van der Waals surface area contributed by atoms with Gasteiger partial charge in [-0.15, -0.1) is 0 Å². The number of carbonyl (C=O) groups is 3. The van der Waals surface area contributed by atoms with E-state index in [9.17, 15) is 14.4 Å². The Hall–Kier alpha value is -3.24. The van der Waals surface area contributed by atoms with Gasteiger partial charge in [0.2, 0.25) is 0 Å². The van der Waals surface area contributed by atoms with Crippen LogP contribution >= 0.6 is 0 Å². The van der Waals surface area contributed by atoms with Crippen LogP contribution in [0.15, 0.2) is 41.5 Å². The molecule has 3 amide bonds. The number of imide groups is 1. The maximum atomic E-state index is 13.4. The number of hydrazone groups is 1. The molecule has 1 aromatic carbocycles. The largest absolute Gasteiger partial charge is 0.468 e. The molecule has 3 unspecified atom stereocenters. The molecule has 10 heteroatoms. The molecule has 2 saturated heterocycles. The molecular formula is C21H26N6O4. The Labute approximate surface area is 180 Å². The van der Waals surface area contributed by atoms with Crippen LogP contribution in [-0.2, 0) is 14.3 Å². The molecule has 3 aliphatic rings. The molecule has 0 bridgehead atoms. The number of amides is 3. The van der Waals surface area contributed by atoms with Gasteiger partial charge in [-0.3, -0.25) is 24.8 Å². The highest BCUT2D eigenvalue weighted by Gasteiger charge is 2.56. The van der Waals surface area contributed by atoms with Crippen LogP contribution in [0.25, 0.3) is 6.08 Å². The number of esters is 1. The number of carbonyl (C=O) groups excluding carboxylic acids is 3. The lowest BCUT2D eigenvalue weighted by molar-refractivity contribution is -0.144. The summed E-state index contributed by atoms with van der Waals surface area (Å²) in [6.07, 6.45) is 2.70. The quantitative estimate of drug-likeness (QED) is 0.678. The molecule has 0 spiro atoms. The van der Waals surface area contributed by atoms with E-state index in [0.717, 1.165) is 11.3 Å². The molecule has 0 aliphatic carbocycles. The number of methoxy groups -OCH3 is 1. The lowest BCUT2D eigenvalue weighted by atomic mass is 10.1. The Bertz CT molecular complexity index is 933. The molecule has 4 rings (SSSR count). The van der Waals surface area contributed by atoms with Crippen LogP contribution in [0.3, 0.4) is 0 Å². The molecule has 0 aromatic heterocycles. The summed E-state index contributed by atoms with van der Waals surface area (Å²) in [5.41, 5.74) is 1.76. The average molecular weight is 426 g/mol. The zero-order valence-electron chi connectivity index (χ0n) is 17.8. The Kier molecular flexibility index (Phi) is 5.75. The summed E-state index contributed by atoms with van der Waals surface area (Å²) in [5, 5.41) is 9.30. The standard InChI is InChI=1S/C21H26N6O4/c1-14-12-26-17-18(22-20(26)27(23-14)13-16(28)31-3)24(2)21(30)25(19(17)29)11-7-10-15-8-5-4-6-9-15/h4-10,17-18,20,22H,11-13H2,1-3H3/b10-7+. The molecule has 164 valence electrons. The predicted octanol–water partition coefficient (Wildman–Crippen LogP) is 0.342. The van der Waals surface area contributed by atoms with Crippen LogP contribution in [0.2, 0.25) is 0 Å². The van der Waals surface area contributed by atoms with Crippen molar-refractivity contribution >= 4 is 29.7 Å². The average Bonchev–Trinajstić information content (AvgIpc) is 3.15. The molecule has 3 heterocycles. The van der Waals surface area contributed by atoms with Crippen molar-refractivity contribution in [3.8, 4) is 0 Å². The maximum Gasteiger partial charge on any atom is 0.328 e. The van der Waals surface area contributed by atoms with Crippen molar-refractivity contribution in [1.29, 1.82) is 0 Å². The minimum Gasteiger partial charge on any atom is -0.468 e. The van der Waals surface area contributed by atoms with Crippen LogP contribution in [0, 0.1) is 0 Å². The summed E-state index contributed by atoms with van der Waals surface area (Å²) < 4.78 is 4.77. The van der Waals surface area contributed by atoms with Gasteiger partial charge in [-0.2, -0.15) is 5.10 Å². The minimum atomic E-state index is -0.580. The van der Waals surface area contributed by atoms with Crippen molar-refractivity contribution in [1.82, 2.24) is 25.0 Å². The van der Waals surface area contributed by atoms with E-state index in [1.165, 1.54) is 16.9 Å². The van der Waals surface area contributed by atoms with Crippen molar-refractivity contribution in [2.45, 2.75) is 25.4 Å². The lowest BCUT2D eigenvalue weighted by Crippen LogP contribution is -2.66. The first-order valence-corrected chi connectivity index (χ1v) is 10.1. The highest BCUT2D eigenvalue weighted by atomic mass is 16.5. The Balaban J connectivity index is 1.55. The molecule has 3 aliphatic heterocycles. The van der Waals surface area contributed by atoms with Crippen LogP contribution in [0.5, 0.6) is 0 Å². The zero-order valence-corrected chi connectivity index (χ0v) is 17.8. The summed E-state index contributed by atoms with van der Waals surface area (Å²) in [7, 11) is 2.99. The van der Waals surface area contributed by atoms with Crippen molar-refractivity contribution in [2.75, 3.05) is 33.8 Å². The van der Waals surface area contributed by atoms with E-state index in [0.29, 0.717) is 6.54 Å². The molecule has 1 N–H and O–H groups in total. The van der Waals surface area contributed by atoms with Gasteiger partial charge < -0.3 is 9.64 Å². The number of nitrogens with zero attached hydrogens (tertiary/aromatic N) is 5. The summed E-state index contributed by atoms with van der Waals surface area (Å²) in [5.74, 6) is -0.702. The SMILES string of the molecule is COC(=O)CN1N=C(C)CN2C3C(=O)N(C/C=C/c4ccccc4)C(=O)N(C)C3NC12. The third kappa shape index (κ3) is 3.91. The van der Waals surface area contributed by atoms with Crippen LogP contribution in [0.1, 0.15) is 12.5 Å². The van der Waals surface area contributed by atoms with Crippen molar-refractivity contribution in [3.05, 3.63) is 42.0 Å². The number of urea groups is 1. The third-order valence-electron chi connectivity index (χ3n) is 5.67. The van der Waals surface area contributed by atoms with Gasteiger partial charge in [0.25, 0.3) is 5.91 Å². The van der Waals surface area contributed by atoms with Gasteiger partial charge in [0.15, 0.2) is 6.29 Å². The number of nitrogens with one attached hydrogen (secondary N) is 1. The second kappa shape index (κ2) is 8.48. The smallest absolute Gasteiger partial charge is 0.328 e. The Morgan fingerprint density at radius 2 is 2.03 bits per heavy atom. The van der Waals surface area contributed by atoms with Crippen molar-refractivity contribution < 1.29 is 19.1 Å². The topological polar surface area (TPSA) is 97.8 Å². The molecule has 0 saturated carbocycles. The number of rotatable bonds is 5. The van der Waals surface area contributed by atoms with Crippen LogP contribution in [-0.4, -0.2) is 95.6 Å². The van der Waals surface area contributed by atoms with E-state index in [2.05, 4.69) is 10.4 Å². The fourth-order valence-corrected chi connectivity index (χ4v) is 4.19. The van der Waals surface area contributed by atoms with Crippen molar-refractivity contribution in [3.63, 3.8) is 0 Å². The zero-order chi connectivity index (χ0) is 22.1. The summed E-state index contributed by atoms with van der Waals surface area (Å²) in [6.45, 7) is 2.42. The number of likely N-dealkylation sites (N-methyl/N-ethyl adjacent to an activating group) is 1. The molecule has 0 radical (unpaired) electrons. The monoisotopic (exact) mass is 426 g/mol. The number of ether oxygens (including phenoxy) is 1. The van der Waals surface area contributed by atoms with E-state index in [1.54, 1.807) is 12.1 Å². The molecule has 2 fully saturated rings. The minimum absolute atomic E-state index is 0.0587. The summed E-state index contributed by atoms with van der Waals surface area (Å²) in [6, 6.07) is 8.75. The van der Waals surface area contributed by atoms with Crippen LogP contribution in [0.4, 0.5) is 4.79 Å².